The minimum Gasteiger partial charge on any atom is -0.466 e. The van der Waals surface area contributed by atoms with Crippen molar-refractivity contribution in [3.05, 3.63) is 83.4 Å². The Balaban J connectivity index is 2.13. The largest absolute Gasteiger partial charge is 0.466 e. The average Bonchev–Trinajstić information content (AvgIpc) is 2.85. The fourth-order valence-corrected chi connectivity index (χ4v) is 4.15. The summed E-state index contributed by atoms with van der Waals surface area (Å²) >= 11 is 0. The smallest absolute Gasteiger partial charge is 0.416 e. The average molecular weight is 538 g/mol. The summed E-state index contributed by atoms with van der Waals surface area (Å²) in [5.74, 6) is -0.923. The number of hydrogen-bond acceptors (Lipinski definition) is 3. The number of halogens is 6. The van der Waals surface area contributed by atoms with E-state index >= 15 is 0 Å². The highest BCUT2D eigenvalue weighted by atomic mass is 19.4. The minimum absolute atomic E-state index is 0.134. The molecule has 0 aliphatic carbocycles. The molecule has 0 N–H and O–H groups in total. The predicted molar refractivity (Wildman–Crippen MR) is 135 cm³/mol. The van der Waals surface area contributed by atoms with Gasteiger partial charge < -0.3 is 9.64 Å². The van der Waals surface area contributed by atoms with Crippen LogP contribution in [0.15, 0.2) is 66.7 Å². The number of benzene rings is 3. The molecule has 38 heavy (non-hydrogen) atoms. The van der Waals surface area contributed by atoms with Crippen molar-refractivity contribution in [1.29, 1.82) is 0 Å². The molecule has 0 bridgehead atoms. The van der Waals surface area contributed by atoms with E-state index in [9.17, 15) is 31.1 Å². The van der Waals surface area contributed by atoms with Crippen molar-refractivity contribution in [3.63, 3.8) is 0 Å². The summed E-state index contributed by atoms with van der Waals surface area (Å²) in [6.07, 6.45) is -8.49. The normalized spacial score (nSPS) is 12.9. The van der Waals surface area contributed by atoms with Crippen LogP contribution < -0.4 is 4.90 Å². The highest BCUT2D eigenvalue weighted by molar-refractivity contribution is 5.81. The number of carbonyl (C=O) groups is 1. The van der Waals surface area contributed by atoms with Crippen LogP contribution in [0.4, 0.5) is 37.7 Å². The molecule has 0 saturated carbocycles. The highest BCUT2D eigenvalue weighted by Gasteiger charge is 2.31. The minimum atomic E-state index is -4.49. The number of ether oxygens (including phenoxy) is 1. The maximum absolute atomic E-state index is 13.1. The third-order valence-electron chi connectivity index (χ3n) is 6.14. The maximum atomic E-state index is 13.1. The van der Waals surface area contributed by atoms with Gasteiger partial charge in [0.2, 0.25) is 0 Å². The van der Waals surface area contributed by atoms with E-state index in [1.807, 2.05) is 13.8 Å². The molecule has 3 nitrogen and oxygen atoms in total. The number of hydrogen-bond donors (Lipinski definition) is 0. The lowest BCUT2D eigenvalue weighted by atomic mass is 9.88. The second kappa shape index (κ2) is 11.5. The first-order valence-electron chi connectivity index (χ1n) is 12.1. The van der Waals surface area contributed by atoms with Crippen LogP contribution in [0.5, 0.6) is 0 Å². The van der Waals surface area contributed by atoms with E-state index in [4.69, 9.17) is 4.74 Å². The van der Waals surface area contributed by atoms with Crippen LogP contribution in [0, 0.1) is 5.92 Å². The summed E-state index contributed by atoms with van der Waals surface area (Å²) in [6, 6.07) is 14.5. The Bertz CT molecular complexity index is 1230. The number of carbonyl (C=O) groups excluding carboxylic acids is 1. The fraction of sp³-hybridized carbons (Fsp3) is 0.345. The van der Waals surface area contributed by atoms with Crippen molar-refractivity contribution in [1.82, 2.24) is 0 Å². The van der Waals surface area contributed by atoms with Gasteiger partial charge in [0.25, 0.3) is 0 Å². The monoisotopic (exact) mass is 537 g/mol. The zero-order valence-corrected chi connectivity index (χ0v) is 21.5. The number of alkyl halides is 6. The van der Waals surface area contributed by atoms with E-state index < -0.39 is 35.4 Å². The van der Waals surface area contributed by atoms with Crippen LogP contribution in [-0.2, 0) is 21.9 Å². The molecule has 0 fully saturated rings. The molecule has 204 valence electrons. The van der Waals surface area contributed by atoms with E-state index in [1.54, 1.807) is 37.1 Å². The fourth-order valence-electron chi connectivity index (χ4n) is 4.15. The molecule has 0 spiro atoms. The molecule has 0 aliphatic heterocycles. The van der Waals surface area contributed by atoms with Gasteiger partial charge in [0.05, 0.1) is 23.7 Å². The van der Waals surface area contributed by atoms with Gasteiger partial charge in [-0.15, -0.1) is 0 Å². The molecule has 0 heterocycles. The molecule has 3 aromatic rings. The lowest BCUT2D eigenvalue weighted by Crippen LogP contribution is -2.19. The molecule has 1 atom stereocenters. The zero-order valence-electron chi connectivity index (χ0n) is 21.5. The van der Waals surface area contributed by atoms with Gasteiger partial charge in [-0.1, -0.05) is 32.0 Å². The van der Waals surface area contributed by atoms with Crippen molar-refractivity contribution >= 4 is 17.3 Å². The first-order chi connectivity index (χ1) is 17.7. The molecule has 9 heteroatoms. The Labute approximate surface area is 218 Å². The van der Waals surface area contributed by atoms with Crippen LogP contribution >= 0.6 is 0 Å². The highest BCUT2D eigenvalue weighted by Crippen LogP contribution is 2.38. The topological polar surface area (TPSA) is 29.5 Å². The van der Waals surface area contributed by atoms with Crippen molar-refractivity contribution in [2.75, 3.05) is 18.6 Å². The summed E-state index contributed by atoms with van der Waals surface area (Å²) in [5, 5.41) is 0. The summed E-state index contributed by atoms with van der Waals surface area (Å²) in [4.78, 5) is 14.6. The second-order valence-electron chi connectivity index (χ2n) is 9.43. The Morgan fingerprint density at radius 1 is 0.789 bits per heavy atom. The molecule has 0 saturated heterocycles. The molecular formula is C29H29F6NO2. The Morgan fingerprint density at radius 2 is 1.32 bits per heavy atom. The van der Waals surface area contributed by atoms with Crippen molar-refractivity contribution in [3.8, 4) is 11.1 Å². The van der Waals surface area contributed by atoms with Gasteiger partial charge in [0.15, 0.2) is 0 Å². The molecule has 3 aromatic carbocycles. The van der Waals surface area contributed by atoms with Crippen LogP contribution in [0.1, 0.15) is 49.8 Å². The van der Waals surface area contributed by atoms with Gasteiger partial charge in [0, 0.05) is 18.4 Å². The van der Waals surface area contributed by atoms with E-state index in [0.717, 1.165) is 24.3 Å². The number of anilines is 2. The lowest BCUT2D eigenvalue weighted by Gasteiger charge is -2.25. The first kappa shape index (κ1) is 29.1. The quantitative estimate of drug-likeness (QED) is 0.212. The third kappa shape index (κ3) is 7.08. The van der Waals surface area contributed by atoms with Gasteiger partial charge in [-0.3, -0.25) is 4.79 Å². The second-order valence-corrected chi connectivity index (χ2v) is 9.43. The van der Waals surface area contributed by atoms with Crippen LogP contribution in [-0.4, -0.2) is 19.6 Å². The molecule has 0 aliphatic rings. The first-order valence-corrected chi connectivity index (χ1v) is 12.1. The van der Waals surface area contributed by atoms with E-state index in [1.165, 1.54) is 24.3 Å². The van der Waals surface area contributed by atoms with Gasteiger partial charge in [-0.05, 0) is 84.5 Å². The number of nitrogens with zero attached hydrogens (tertiary/aromatic N) is 1. The van der Waals surface area contributed by atoms with Crippen molar-refractivity contribution in [2.45, 2.75) is 45.5 Å². The standard InChI is InChI=1S/C29H29F6NO2/c1-5-38-27(37)26(14-18(2)3)21-15-20(19-6-8-22(9-7-19)28(30,31)32)16-25(17-21)36(4)24-12-10-23(11-13-24)29(33,34)35/h6-13,15-18,26H,5,14H2,1-4H3. The van der Waals surface area contributed by atoms with Gasteiger partial charge in [-0.2, -0.15) is 26.3 Å². The molecule has 0 amide bonds. The van der Waals surface area contributed by atoms with Gasteiger partial charge in [0.1, 0.15) is 0 Å². The summed E-state index contributed by atoms with van der Waals surface area (Å²) in [5.41, 5.74) is 1.09. The van der Waals surface area contributed by atoms with Crippen LogP contribution in [0.3, 0.4) is 0 Å². The molecular weight excluding hydrogens is 508 g/mol. The summed E-state index contributed by atoms with van der Waals surface area (Å²) < 4.78 is 83.8. The Kier molecular flexibility index (Phi) is 8.79. The lowest BCUT2D eigenvalue weighted by molar-refractivity contribution is -0.145. The van der Waals surface area contributed by atoms with Crippen molar-refractivity contribution < 1.29 is 35.9 Å². The van der Waals surface area contributed by atoms with E-state index in [2.05, 4.69) is 0 Å². The molecule has 0 aromatic heterocycles. The predicted octanol–water partition coefficient (Wildman–Crippen LogP) is 8.85. The summed E-state index contributed by atoms with van der Waals surface area (Å²) in [7, 11) is 1.67. The van der Waals surface area contributed by atoms with E-state index in [0.29, 0.717) is 34.5 Å². The number of rotatable bonds is 8. The van der Waals surface area contributed by atoms with Gasteiger partial charge >= 0.3 is 18.3 Å². The van der Waals surface area contributed by atoms with E-state index in [-0.39, 0.29) is 12.5 Å². The van der Waals surface area contributed by atoms with Crippen LogP contribution in [0.25, 0.3) is 11.1 Å². The molecule has 1 unspecified atom stereocenters. The van der Waals surface area contributed by atoms with Gasteiger partial charge in [-0.25, -0.2) is 0 Å². The Hall–Kier alpha value is -3.49. The number of esters is 1. The third-order valence-corrected chi connectivity index (χ3v) is 6.14. The summed E-state index contributed by atoms with van der Waals surface area (Å²) in [6.45, 7) is 5.81. The SMILES string of the molecule is CCOC(=O)C(CC(C)C)c1cc(-c2ccc(C(F)(F)F)cc2)cc(N(C)c2ccc(C(F)(F)F)cc2)c1. The van der Waals surface area contributed by atoms with Crippen LogP contribution in [0.2, 0.25) is 0 Å². The molecule has 0 radical (unpaired) electrons. The zero-order chi connectivity index (χ0) is 28.3. The molecule has 3 rings (SSSR count). The van der Waals surface area contributed by atoms with Crippen molar-refractivity contribution in [2.24, 2.45) is 5.92 Å². The Morgan fingerprint density at radius 3 is 1.79 bits per heavy atom. The maximum Gasteiger partial charge on any atom is 0.416 e.